The summed E-state index contributed by atoms with van der Waals surface area (Å²) in [6.45, 7) is 0. The lowest BCUT2D eigenvalue weighted by atomic mass is 9.66. The van der Waals surface area contributed by atoms with Crippen LogP contribution >= 0.6 is 0 Å². The van der Waals surface area contributed by atoms with Crippen LogP contribution in [0.15, 0.2) is 0 Å². The molecule has 90 valence electrons. The Morgan fingerprint density at radius 2 is 1.88 bits per heavy atom. The molecule has 0 aromatic heterocycles. The second-order valence-corrected chi connectivity index (χ2v) is 3.90. The summed E-state index contributed by atoms with van der Waals surface area (Å²) in [6, 6.07) is 0. The Kier molecular flexibility index (Phi) is 3.51. The van der Waals surface area contributed by atoms with Gasteiger partial charge < -0.3 is 14.9 Å². The molecule has 1 fully saturated rings. The van der Waals surface area contributed by atoms with E-state index in [9.17, 15) is 14.4 Å². The van der Waals surface area contributed by atoms with Crippen molar-refractivity contribution in [2.45, 2.75) is 25.7 Å². The molecule has 2 N–H and O–H groups in total. The molecule has 0 spiro atoms. The average molecular weight is 230 g/mol. The van der Waals surface area contributed by atoms with Crippen molar-refractivity contribution in [2.24, 2.45) is 11.3 Å². The lowest BCUT2D eigenvalue weighted by molar-refractivity contribution is -0.181. The molecule has 0 aromatic rings. The minimum absolute atomic E-state index is 0.0198. The van der Waals surface area contributed by atoms with Gasteiger partial charge in [-0.2, -0.15) is 0 Å². The van der Waals surface area contributed by atoms with Crippen molar-refractivity contribution >= 4 is 17.9 Å². The Balaban J connectivity index is 3.18. The molecule has 0 aromatic carbocycles. The van der Waals surface area contributed by atoms with Crippen LogP contribution in [-0.2, 0) is 19.1 Å². The number of carbonyl (C=O) groups is 3. The van der Waals surface area contributed by atoms with Crippen molar-refractivity contribution in [1.82, 2.24) is 0 Å². The number of esters is 1. The molecular formula is C10H14O6. The van der Waals surface area contributed by atoms with Crippen LogP contribution in [0.4, 0.5) is 0 Å². The molecule has 2 atom stereocenters. The van der Waals surface area contributed by atoms with Crippen molar-refractivity contribution in [3.8, 4) is 0 Å². The fourth-order valence-corrected chi connectivity index (χ4v) is 2.28. The molecule has 0 aliphatic heterocycles. The van der Waals surface area contributed by atoms with Gasteiger partial charge in [-0.1, -0.05) is 12.8 Å². The van der Waals surface area contributed by atoms with Gasteiger partial charge in [-0.3, -0.25) is 14.4 Å². The van der Waals surface area contributed by atoms with Gasteiger partial charge in [-0.15, -0.1) is 0 Å². The first-order valence-corrected chi connectivity index (χ1v) is 5.01. The third-order valence-corrected chi connectivity index (χ3v) is 3.14. The predicted octanol–water partition coefficient (Wildman–Crippen LogP) is 0.505. The van der Waals surface area contributed by atoms with Crippen molar-refractivity contribution in [3.63, 3.8) is 0 Å². The second-order valence-electron chi connectivity index (χ2n) is 3.90. The normalized spacial score (nSPS) is 29.4. The Hall–Kier alpha value is -1.59. The van der Waals surface area contributed by atoms with Gasteiger partial charge in [0.05, 0.1) is 13.0 Å². The smallest absolute Gasteiger partial charge is 0.324 e. The van der Waals surface area contributed by atoms with E-state index in [0.29, 0.717) is 12.8 Å². The van der Waals surface area contributed by atoms with Crippen LogP contribution < -0.4 is 0 Å². The summed E-state index contributed by atoms with van der Waals surface area (Å²) in [4.78, 5) is 33.8. The van der Waals surface area contributed by atoms with Crippen LogP contribution in [0.5, 0.6) is 0 Å². The maximum absolute atomic E-state index is 11.6. The summed E-state index contributed by atoms with van der Waals surface area (Å²) in [7, 11) is 1.07. The van der Waals surface area contributed by atoms with E-state index in [2.05, 4.69) is 4.74 Å². The fraction of sp³-hybridized carbons (Fsp3) is 0.700. The monoisotopic (exact) mass is 230 g/mol. The molecule has 6 heteroatoms. The van der Waals surface area contributed by atoms with E-state index in [1.54, 1.807) is 0 Å². The zero-order chi connectivity index (χ0) is 12.3. The number of ether oxygens (including phenoxy) is 1. The van der Waals surface area contributed by atoms with E-state index in [1.165, 1.54) is 0 Å². The molecule has 1 saturated carbocycles. The van der Waals surface area contributed by atoms with Gasteiger partial charge >= 0.3 is 17.9 Å². The SMILES string of the molecule is COC(=O)C1(C(=O)O)CCCCC1C(=O)O. The molecule has 0 amide bonds. The third-order valence-electron chi connectivity index (χ3n) is 3.14. The van der Waals surface area contributed by atoms with Crippen molar-refractivity contribution in [2.75, 3.05) is 7.11 Å². The lowest BCUT2D eigenvalue weighted by Crippen LogP contribution is -2.51. The maximum atomic E-state index is 11.6. The summed E-state index contributed by atoms with van der Waals surface area (Å²) in [6.07, 6.45) is 1.34. The average Bonchev–Trinajstić information content (AvgIpc) is 2.27. The maximum Gasteiger partial charge on any atom is 0.324 e. The standard InChI is InChI=1S/C10H14O6/c1-16-9(15)10(8(13)14)5-3-2-4-6(10)7(11)12/h6H,2-5H2,1H3,(H,11,12)(H,13,14). The molecule has 1 aliphatic rings. The minimum atomic E-state index is -1.92. The molecule has 1 rings (SSSR count). The van der Waals surface area contributed by atoms with E-state index in [0.717, 1.165) is 7.11 Å². The van der Waals surface area contributed by atoms with Crippen LogP contribution in [0, 0.1) is 11.3 Å². The van der Waals surface area contributed by atoms with Crippen LogP contribution in [0.25, 0.3) is 0 Å². The lowest BCUT2D eigenvalue weighted by Gasteiger charge is -2.35. The minimum Gasteiger partial charge on any atom is -0.481 e. The molecule has 0 saturated heterocycles. The highest BCUT2D eigenvalue weighted by molar-refractivity contribution is 6.03. The summed E-state index contributed by atoms with van der Waals surface area (Å²) in [5.74, 6) is -4.84. The van der Waals surface area contributed by atoms with E-state index >= 15 is 0 Å². The molecule has 6 nitrogen and oxygen atoms in total. The van der Waals surface area contributed by atoms with E-state index in [4.69, 9.17) is 10.2 Å². The van der Waals surface area contributed by atoms with Crippen LogP contribution in [0.2, 0.25) is 0 Å². The molecule has 2 unspecified atom stereocenters. The van der Waals surface area contributed by atoms with Gasteiger partial charge in [0.15, 0.2) is 5.41 Å². The Morgan fingerprint density at radius 3 is 2.31 bits per heavy atom. The first kappa shape index (κ1) is 12.5. The number of hydrogen-bond donors (Lipinski definition) is 2. The summed E-state index contributed by atoms with van der Waals surface area (Å²) in [5.41, 5.74) is -1.92. The number of carboxylic acids is 2. The van der Waals surface area contributed by atoms with Gasteiger partial charge in [-0.25, -0.2) is 0 Å². The topological polar surface area (TPSA) is 101 Å². The van der Waals surface area contributed by atoms with E-state index in [-0.39, 0.29) is 12.8 Å². The van der Waals surface area contributed by atoms with Crippen molar-refractivity contribution in [1.29, 1.82) is 0 Å². The number of carboxylic acid groups (broad SMARTS) is 2. The Labute approximate surface area is 92.2 Å². The summed E-state index contributed by atoms with van der Waals surface area (Å²) < 4.78 is 4.45. The molecule has 0 radical (unpaired) electrons. The number of aliphatic carboxylic acids is 2. The Morgan fingerprint density at radius 1 is 1.25 bits per heavy atom. The van der Waals surface area contributed by atoms with E-state index in [1.807, 2.05) is 0 Å². The first-order valence-electron chi connectivity index (χ1n) is 5.01. The highest BCUT2D eigenvalue weighted by atomic mass is 16.5. The molecular weight excluding hydrogens is 216 g/mol. The fourth-order valence-electron chi connectivity index (χ4n) is 2.28. The number of carbonyl (C=O) groups excluding carboxylic acids is 1. The van der Waals surface area contributed by atoms with Crippen LogP contribution in [0.1, 0.15) is 25.7 Å². The van der Waals surface area contributed by atoms with Crippen molar-refractivity contribution < 1.29 is 29.3 Å². The quantitative estimate of drug-likeness (QED) is 0.541. The predicted molar refractivity (Wildman–Crippen MR) is 51.7 cm³/mol. The largest absolute Gasteiger partial charge is 0.481 e. The Bertz CT molecular complexity index is 323. The van der Waals surface area contributed by atoms with Gasteiger partial charge in [0, 0.05) is 0 Å². The number of rotatable bonds is 3. The zero-order valence-corrected chi connectivity index (χ0v) is 8.93. The van der Waals surface area contributed by atoms with Crippen molar-refractivity contribution in [3.05, 3.63) is 0 Å². The summed E-state index contributed by atoms with van der Waals surface area (Å²) in [5, 5.41) is 18.1. The molecule has 0 bridgehead atoms. The molecule has 1 aliphatic carbocycles. The van der Waals surface area contributed by atoms with Gasteiger partial charge in [-0.05, 0) is 12.8 Å². The third kappa shape index (κ3) is 1.75. The number of hydrogen-bond acceptors (Lipinski definition) is 4. The number of methoxy groups -OCH3 is 1. The van der Waals surface area contributed by atoms with E-state index < -0.39 is 29.2 Å². The van der Waals surface area contributed by atoms with Crippen LogP contribution in [-0.4, -0.2) is 35.2 Å². The first-order chi connectivity index (χ1) is 7.46. The van der Waals surface area contributed by atoms with Gasteiger partial charge in [0.25, 0.3) is 0 Å². The second kappa shape index (κ2) is 4.51. The molecule has 0 heterocycles. The molecule has 16 heavy (non-hydrogen) atoms. The highest BCUT2D eigenvalue weighted by Crippen LogP contribution is 2.42. The highest BCUT2D eigenvalue weighted by Gasteiger charge is 2.57. The van der Waals surface area contributed by atoms with Gasteiger partial charge in [0.2, 0.25) is 0 Å². The van der Waals surface area contributed by atoms with Crippen LogP contribution in [0.3, 0.4) is 0 Å². The van der Waals surface area contributed by atoms with Gasteiger partial charge in [0.1, 0.15) is 0 Å². The summed E-state index contributed by atoms with van der Waals surface area (Å²) >= 11 is 0. The zero-order valence-electron chi connectivity index (χ0n) is 8.93.